The SMILES string of the molecule is Cc1cnc(COc2c(F)cccc2Cl)c(C)c1N. The molecule has 0 saturated heterocycles. The maximum Gasteiger partial charge on any atom is 0.174 e. The van der Waals surface area contributed by atoms with E-state index in [1.807, 2.05) is 13.8 Å². The summed E-state index contributed by atoms with van der Waals surface area (Å²) in [5, 5.41) is 0.234. The van der Waals surface area contributed by atoms with Gasteiger partial charge in [0.1, 0.15) is 6.61 Å². The zero-order chi connectivity index (χ0) is 14.0. The number of rotatable bonds is 3. The van der Waals surface area contributed by atoms with Gasteiger partial charge in [0.2, 0.25) is 0 Å². The Hall–Kier alpha value is -1.81. The zero-order valence-corrected chi connectivity index (χ0v) is 11.5. The summed E-state index contributed by atoms with van der Waals surface area (Å²) in [7, 11) is 0. The lowest BCUT2D eigenvalue weighted by atomic mass is 10.1. The number of hydrogen-bond donors (Lipinski definition) is 1. The first-order valence-corrected chi connectivity index (χ1v) is 6.16. The molecule has 2 N–H and O–H groups in total. The molecule has 0 atom stereocenters. The van der Waals surface area contributed by atoms with Crippen LogP contribution in [0.1, 0.15) is 16.8 Å². The van der Waals surface area contributed by atoms with Crippen molar-refractivity contribution < 1.29 is 9.13 Å². The van der Waals surface area contributed by atoms with Gasteiger partial charge in [-0.25, -0.2) is 4.39 Å². The molecule has 0 saturated carbocycles. The van der Waals surface area contributed by atoms with Gasteiger partial charge in [-0.2, -0.15) is 0 Å². The number of pyridine rings is 1. The molecule has 0 radical (unpaired) electrons. The molecule has 100 valence electrons. The van der Waals surface area contributed by atoms with Crippen LogP contribution in [-0.2, 0) is 6.61 Å². The minimum atomic E-state index is -0.495. The summed E-state index contributed by atoms with van der Waals surface area (Å²) in [6, 6.07) is 4.40. The number of aromatic nitrogens is 1. The van der Waals surface area contributed by atoms with E-state index < -0.39 is 5.82 Å². The van der Waals surface area contributed by atoms with Gasteiger partial charge in [-0.1, -0.05) is 17.7 Å². The number of anilines is 1. The highest BCUT2D eigenvalue weighted by Crippen LogP contribution is 2.28. The van der Waals surface area contributed by atoms with Crippen LogP contribution >= 0.6 is 11.6 Å². The van der Waals surface area contributed by atoms with Crippen LogP contribution < -0.4 is 10.5 Å². The number of aryl methyl sites for hydroxylation is 1. The van der Waals surface area contributed by atoms with Crippen molar-refractivity contribution in [1.82, 2.24) is 4.98 Å². The molecule has 0 unspecified atom stereocenters. The molecule has 5 heteroatoms. The molecular weight excluding hydrogens is 267 g/mol. The van der Waals surface area contributed by atoms with E-state index in [0.29, 0.717) is 11.4 Å². The second kappa shape index (κ2) is 5.45. The highest BCUT2D eigenvalue weighted by atomic mass is 35.5. The van der Waals surface area contributed by atoms with Gasteiger partial charge in [0, 0.05) is 11.9 Å². The first kappa shape index (κ1) is 13.6. The molecular formula is C14H14ClFN2O. The molecule has 0 bridgehead atoms. The number of ether oxygens (including phenoxy) is 1. The fourth-order valence-corrected chi connectivity index (χ4v) is 1.92. The van der Waals surface area contributed by atoms with Gasteiger partial charge >= 0.3 is 0 Å². The first-order chi connectivity index (χ1) is 9.00. The molecule has 0 amide bonds. The van der Waals surface area contributed by atoms with Crippen LogP contribution in [0.15, 0.2) is 24.4 Å². The van der Waals surface area contributed by atoms with Crippen LogP contribution in [0, 0.1) is 19.7 Å². The molecule has 2 aromatic rings. The van der Waals surface area contributed by atoms with Crippen molar-refractivity contribution in [3.63, 3.8) is 0 Å². The number of para-hydroxylation sites is 1. The fraction of sp³-hybridized carbons (Fsp3) is 0.214. The van der Waals surface area contributed by atoms with Crippen molar-refractivity contribution in [2.45, 2.75) is 20.5 Å². The van der Waals surface area contributed by atoms with E-state index in [9.17, 15) is 4.39 Å². The van der Waals surface area contributed by atoms with Crippen LogP contribution in [-0.4, -0.2) is 4.98 Å². The third-order valence-electron chi connectivity index (χ3n) is 2.95. The summed E-state index contributed by atoms with van der Waals surface area (Å²) in [5.74, 6) is -0.463. The maximum atomic E-state index is 13.5. The van der Waals surface area contributed by atoms with Crippen molar-refractivity contribution in [2.75, 3.05) is 5.73 Å². The molecule has 3 nitrogen and oxygen atoms in total. The summed E-state index contributed by atoms with van der Waals surface area (Å²) < 4.78 is 18.9. The first-order valence-electron chi connectivity index (χ1n) is 5.78. The van der Waals surface area contributed by atoms with E-state index in [1.165, 1.54) is 12.1 Å². The Bertz CT molecular complexity index is 596. The van der Waals surface area contributed by atoms with Gasteiger partial charge in [-0.05, 0) is 37.1 Å². The van der Waals surface area contributed by atoms with Crippen molar-refractivity contribution in [3.05, 3.63) is 52.1 Å². The van der Waals surface area contributed by atoms with Crippen molar-refractivity contribution in [1.29, 1.82) is 0 Å². The van der Waals surface area contributed by atoms with Crippen molar-refractivity contribution >= 4 is 17.3 Å². The fourth-order valence-electron chi connectivity index (χ4n) is 1.70. The predicted octanol–water partition coefficient (Wildman–Crippen LogP) is 3.65. The number of hydrogen-bond acceptors (Lipinski definition) is 3. The largest absolute Gasteiger partial charge is 0.483 e. The molecule has 0 aliphatic rings. The van der Waals surface area contributed by atoms with E-state index in [1.54, 1.807) is 12.3 Å². The van der Waals surface area contributed by atoms with Gasteiger partial charge in [-0.3, -0.25) is 4.98 Å². The minimum Gasteiger partial charge on any atom is -0.483 e. The van der Waals surface area contributed by atoms with Gasteiger partial charge < -0.3 is 10.5 Å². The third kappa shape index (κ3) is 2.79. The van der Waals surface area contributed by atoms with Crippen molar-refractivity contribution in [2.24, 2.45) is 0 Å². The van der Waals surface area contributed by atoms with Crippen LogP contribution in [0.2, 0.25) is 5.02 Å². The van der Waals surface area contributed by atoms with Crippen molar-refractivity contribution in [3.8, 4) is 5.75 Å². The average Bonchev–Trinajstić information content (AvgIpc) is 2.38. The lowest BCUT2D eigenvalue weighted by Crippen LogP contribution is -2.06. The Morgan fingerprint density at radius 3 is 2.79 bits per heavy atom. The number of nitrogens with zero attached hydrogens (tertiary/aromatic N) is 1. The monoisotopic (exact) mass is 280 g/mol. The standard InChI is InChI=1S/C14H14ClFN2O/c1-8-6-18-12(9(2)13(8)17)7-19-14-10(15)4-3-5-11(14)16/h3-6H,7H2,1-2H3,(H2,17,18). The highest BCUT2D eigenvalue weighted by molar-refractivity contribution is 6.32. The summed E-state index contributed by atoms with van der Waals surface area (Å²) in [4.78, 5) is 4.24. The van der Waals surface area contributed by atoms with E-state index >= 15 is 0 Å². The summed E-state index contributed by atoms with van der Waals surface area (Å²) in [6.07, 6.45) is 1.67. The van der Waals surface area contributed by atoms with E-state index in [2.05, 4.69) is 4.98 Å². The zero-order valence-electron chi connectivity index (χ0n) is 10.7. The Morgan fingerprint density at radius 2 is 2.11 bits per heavy atom. The Balaban J connectivity index is 2.22. The van der Waals surface area contributed by atoms with Gasteiger partial charge in [-0.15, -0.1) is 0 Å². The van der Waals surface area contributed by atoms with Crippen LogP contribution in [0.5, 0.6) is 5.75 Å². The average molecular weight is 281 g/mol. The molecule has 0 spiro atoms. The number of benzene rings is 1. The lowest BCUT2D eigenvalue weighted by molar-refractivity contribution is 0.285. The quantitative estimate of drug-likeness (QED) is 0.933. The molecule has 1 aromatic heterocycles. The van der Waals surface area contributed by atoms with E-state index in [0.717, 1.165) is 11.1 Å². The normalized spacial score (nSPS) is 10.5. The van der Waals surface area contributed by atoms with Crippen LogP contribution in [0.25, 0.3) is 0 Å². The summed E-state index contributed by atoms with van der Waals surface area (Å²) >= 11 is 5.88. The molecule has 0 aliphatic carbocycles. The van der Waals surface area contributed by atoms with Gasteiger partial charge in [0.15, 0.2) is 11.6 Å². The summed E-state index contributed by atoms with van der Waals surface area (Å²) in [5.41, 5.74) is 9.01. The Labute approximate surface area is 116 Å². The molecule has 1 aromatic carbocycles. The van der Waals surface area contributed by atoms with Crippen LogP contribution in [0.4, 0.5) is 10.1 Å². The minimum absolute atomic E-state index is 0.0320. The second-order valence-electron chi connectivity index (χ2n) is 4.27. The smallest absolute Gasteiger partial charge is 0.174 e. The number of halogens is 2. The predicted molar refractivity (Wildman–Crippen MR) is 73.9 cm³/mol. The highest BCUT2D eigenvalue weighted by Gasteiger charge is 2.11. The summed E-state index contributed by atoms with van der Waals surface area (Å²) in [6.45, 7) is 3.86. The van der Waals surface area contributed by atoms with Gasteiger partial charge in [0.05, 0.1) is 10.7 Å². The Morgan fingerprint density at radius 1 is 1.37 bits per heavy atom. The topological polar surface area (TPSA) is 48.1 Å². The van der Waals surface area contributed by atoms with E-state index in [-0.39, 0.29) is 17.4 Å². The molecule has 1 heterocycles. The molecule has 0 aliphatic heterocycles. The third-order valence-corrected chi connectivity index (χ3v) is 3.25. The number of nitrogens with two attached hydrogens (primary N) is 1. The lowest BCUT2D eigenvalue weighted by Gasteiger charge is -2.12. The molecule has 2 rings (SSSR count). The number of nitrogen functional groups attached to an aromatic ring is 1. The van der Waals surface area contributed by atoms with Crippen LogP contribution in [0.3, 0.4) is 0 Å². The molecule has 19 heavy (non-hydrogen) atoms. The van der Waals surface area contributed by atoms with E-state index in [4.69, 9.17) is 22.1 Å². The maximum absolute atomic E-state index is 13.5. The second-order valence-corrected chi connectivity index (χ2v) is 4.67. The Kier molecular flexibility index (Phi) is 3.90. The van der Waals surface area contributed by atoms with Gasteiger partial charge in [0.25, 0.3) is 0 Å². The molecule has 0 fully saturated rings.